The zero-order chi connectivity index (χ0) is 16.9. The lowest BCUT2D eigenvalue weighted by Crippen LogP contribution is -2.36. The molecule has 2 aromatic rings. The van der Waals surface area contributed by atoms with Gasteiger partial charge in [0.25, 0.3) is 0 Å². The van der Waals surface area contributed by atoms with Crippen LogP contribution in [0.3, 0.4) is 0 Å². The minimum atomic E-state index is -0.0102. The highest BCUT2D eigenvalue weighted by Gasteiger charge is 2.18. The number of amides is 1. The van der Waals surface area contributed by atoms with Crippen LogP contribution >= 0.6 is 11.6 Å². The topological polar surface area (TPSA) is 54.7 Å². The molecule has 0 spiro atoms. The number of fused-ring (bicyclic) bond motifs is 1. The summed E-state index contributed by atoms with van der Waals surface area (Å²) in [5.74, 6) is 1.75. The van der Waals surface area contributed by atoms with E-state index >= 15 is 0 Å². The first-order valence-electron chi connectivity index (χ1n) is 8.02. The molecule has 128 valence electrons. The summed E-state index contributed by atoms with van der Waals surface area (Å²) in [6, 6.07) is 7.37. The first kappa shape index (κ1) is 16.9. The molecule has 1 aromatic heterocycles. The highest BCUT2D eigenvalue weighted by molar-refractivity contribution is 6.30. The number of hydrogen-bond donors (Lipinski definition) is 1. The lowest BCUT2D eigenvalue weighted by molar-refractivity contribution is -0.122. The molecule has 1 amide bonds. The molecular weight excluding hydrogens is 328 g/mol. The zero-order valence-corrected chi connectivity index (χ0v) is 14.4. The number of carbonyl (C=O) groups excluding carboxylic acids is 1. The Hall–Kier alpha value is -1.98. The standard InChI is InChI=1S/C18H21ClN2O3/c1-23-16-5-4-15(19)9-14(16)10-20-18(22)12-21-7-2-3-17-13(11-21)6-8-24-17/h4-6,8-9H,2-3,7,10-12H2,1H3,(H,20,22). The fourth-order valence-corrected chi connectivity index (χ4v) is 3.18. The van der Waals surface area contributed by atoms with E-state index < -0.39 is 0 Å². The summed E-state index contributed by atoms with van der Waals surface area (Å²) in [6.07, 6.45) is 3.65. The Bertz CT molecular complexity index is 714. The van der Waals surface area contributed by atoms with Crippen molar-refractivity contribution >= 4 is 17.5 Å². The molecule has 2 heterocycles. The van der Waals surface area contributed by atoms with Gasteiger partial charge in [-0.1, -0.05) is 11.6 Å². The van der Waals surface area contributed by atoms with E-state index in [9.17, 15) is 4.79 Å². The Labute approximate surface area is 146 Å². The molecule has 1 aliphatic rings. The molecule has 0 radical (unpaired) electrons. The van der Waals surface area contributed by atoms with E-state index in [-0.39, 0.29) is 5.91 Å². The van der Waals surface area contributed by atoms with Crippen LogP contribution in [0.25, 0.3) is 0 Å². The number of methoxy groups -OCH3 is 1. The van der Waals surface area contributed by atoms with Gasteiger partial charge < -0.3 is 14.5 Å². The van der Waals surface area contributed by atoms with Gasteiger partial charge in [-0.05, 0) is 37.2 Å². The van der Waals surface area contributed by atoms with Gasteiger partial charge in [-0.3, -0.25) is 9.69 Å². The van der Waals surface area contributed by atoms with Crippen molar-refractivity contribution < 1.29 is 13.9 Å². The van der Waals surface area contributed by atoms with E-state index in [1.54, 1.807) is 25.5 Å². The summed E-state index contributed by atoms with van der Waals surface area (Å²) in [4.78, 5) is 14.4. The highest BCUT2D eigenvalue weighted by atomic mass is 35.5. The Morgan fingerprint density at radius 1 is 1.42 bits per heavy atom. The SMILES string of the molecule is COc1ccc(Cl)cc1CNC(=O)CN1CCCc2occc2C1. The van der Waals surface area contributed by atoms with Crippen LogP contribution in [-0.4, -0.2) is 31.0 Å². The number of benzene rings is 1. The monoisotopic (exact) mass is 348 g/mol. The summed E-state index contributed by atoms with van der Waals surface area (Å²) >= 11 is 6.01. The van der Waals surface area contributed by atoms with Crippen LogP contribution in [0, 0.1) is 0 Å². The third-order valence-corrected chi connectivity index (χ3v) is 4.43. The predicted octanol–water partition coefficient (Wildman–Crippen LogP) is 3.01. The fraction of sp³-hybridized carbons (Fsp3) is 0.389. The number of aryl methyl sites for hydroxylation is 1. The largest absolute Gasteiger partial charge is 0.496 e. The normalized spacial score (nSPS) is 14.8. The van der Waals surface area contributed by atoms with Gasteiger partial charge >= 0.3 is 0 Å². The maximum atomic E-state index is 12.3. The molecule has 0 bridgehead atoms. The summed E-state index contributed by atoms with van der Waals surface area (Å²) in [7, 11) is 1.61. The van der Waals surface area contributed by atoms with Crippen LogP contribution in [0.1, 0.15) is 23.3 Å². The lowest BCUT2D eigenvalue weighted by Gasteiger charge is -2.19. The summed E-state index contributed by atoms with van der Waals surface area (Å²) in [6.45, 7) is 2.40. The van der Waals surface area contributed by atoms with Gasteiger partial charge in [0.1, 0.15) is 11.5 Å². The fourth-order valence-electron chi connectivity index (χ4n) is 2.98. The van der Waals surface area contributed by atoms with Crippen molar-refractivity contribution in [1.29, 1.82) is 0 Å². The minimum Gasteiger partial charge on any atom is -0.496 e. The summed E-state index contributed by atoms with van der Waals surface area (Å²) in [5, 5.41) is 3.57. The second kappa shape index (κ2) is 7.73. The van der Waals surface area contributed by atoms with E-state index in [0.29, 0.717) is 18.1 Å². The molecule has 1 aromatic carbocycles. The van der Waals surface area contributed by atoms with Crippen LogP contribution in [0.4, 0.5) is 0 Å². The molecule has 1 aliphatic heterocycles. The third kappa shape index (κ3) is 4.10. The van der Waals surface area contributed by atoms with E-state index in [1.165, 1.54) is 5.56 Å². The molecule has 0 unspecified atom stereocenters. The van der Waals surface area contributed by atoms with Crippen LogP contribution in [-0.2, 0) is 24.3 Å². The summed E-state index contributed by atoms with van der Waals surface area (Å²) in [5.41, 5.74) is 2.04. The van der Waals surface area contributed by atoms with Crippen LogP contribution in [0.5, 0.6) is 5.75 Å². The third-order valence-electron chi connectivity index (χ3n) is 4.20. The zero-order valence-electron chi connectivity index (χ0n) is 13.7. The number of hydrogen-bond acceptors (Lipinski definition) is 4. The van der Waals surface area contributed by atoms with Crippen molar-refractivity contribution in [3.05, 3.63) is 52.4 Å². The quantitative estimate of drug-likeness (QED) is 0.902. The van der Waals surface area contributed by atoms with Gasteiger partial charge in [0.2, 0.25) is 5.91 Å². The Morgan fingerprint density at radius 3 is 3.12 bits per heavy atom. The van der Waals surface area contributed by atoms with E-state index in [0.717, 1.165) is 43.0 Å². The smallest absolute Gasteiger partial charge is 0.234 e. The molecule has 24 heavy (non-hydrogen) atoms. The molecular formula is C18H21ClN2O3. The van der Waals surface area contributed by atoms with Crippen molar-refractivity contribution in [1.82, 2.24) is 10.2 Å². The number of furan rings is 1. The Kier molecular flexibility index (Phi) is 5.43. The molecule has 0 atom stereocenters. The van der Waals surface area contributed by atoms with Crippen molar-refractivity contribution in [2.75, 3.05) is 20.2 Å². The number of ether oxygens (including phenoxy) is 1. The second-order valence-electron chi connectivity index (χ2n) is 5.92. The van der Waals surface area contributed by atoms with Crippen LogP contribution in [0.15, 0.2) is 34.9 Å². The van der Waals surface area contributed by atoms with E-state index in [4.69, 9.17) is 20.8 Å². The second-order valence-corrected chi connectivity index (χ2v) is 6.35. The highest BCUT2D eigenvalue weighted by Crippen LogP contribution is 2.22. The Morgan fingerprint density at radius 2 is 2.29 bits per heavy atom. The van der Waals surface area contributed by atoms with Crippen LogP contribution < -0.4 is 10.1 Å². The Balaban J connectivity index is 1.55. The number of nitrogens with zero attached hydrogens (tertiary/aromatic N) is 1. The average molecular weight is 349 g/mol. The van der Waals surface area contributed by atoms with Crippen molar-refractivity contribution in [3.8, 4) is 5.75 Å². The molecule has 6 heteroatoms. The van der Waals surface area contributed by atoms with Gasteiger partial charge in [0, 0.05) is 35.7 Å². The molecule has 0 saturated carbocycles. The number of rotatable bonds is 5. The van der Waals surface area contributed by atoms with E-state index in [1.807, 2.05) is 12.1 Å². The van der Waals surface area contributed by atoms with Crippen molar-refractivity contribution in [2.24, 2.45) is 0 Å². The molecule has 1 N–H and O–H groups in total. The maximum absolute atomic E-state index is 12.3. The minimum absolute atomic E-state index is 0.0102. The number of carbonyl (C=O) groups is 1. The first-order valence-corrected chi connectivity index (χ1v) is 8.40. The summed E-state index contributed by atoms with van der Waals surface area (Å²) < 4.78 is 10.8. The van der Waals surface area contributed by atoms with Gasteiger partial charge in [-0.2, -0.15) is 0 Å². The molecule has 0 saturated heterocycles. The first-order chi connectivity index (χ1) is 11.7. The van der Waals surface area contributed by atoms with Crippen molar-refractivity contribution in [2.45, 2.75) is 25.9 Å². The molecule has 0 fully saturated rings. The van der Waals surface area contributed by atoms with E-state index in [2.05, 4.69) is 10.2 Å². The van der Waals surface area contributed by atoms with Crippen molar-refractivity contribution in [3.63, 3.8) is 0 Å². The molecule has 0 aliphatic carbocycles. The number of halogens is 1. The molecule has 3 rings (SSSR count). The lowest BCUT2D eigenvalue weighted by atomic mass is 10.2. The van der Waals surface area contributed by atoms with Gasteiger partial charge in [0.15, 0.2) is 0 Å². The van der Waals surface area contributed by atoms with Gasteiger partial charge in [0.05, 0.1) is 19.9 Å². The van der Waals surface area contributed by atoms with Crippen LogP contribution in [0.2, 0.25) is 5.02 Å². The number of nitrogens with one attached hydrogen (secondary N) is 1. The average Bonchev–Trinajstić information content (AvgIpc) is 2.91. The van der Waals surface area contributed by atoms with Gasteiger partial charge in [-0.25, -0.2) is 0 Å². The maximum Gasteiger partial charge on any atom is 0.234 e. The van der Waals surface area contributed by atoms with Gasteiger partial charge in [-0.15, -0.1) is 0 Å². The molecule has 5 nitrogen and oxygen atoms in total. The predicted molar refractivity (Wildman–Crippen MR) is 92.2 cm³/mol.